The maximum absolute atomic E-state index is 4.54. The maximum Gasteiger partial charge on any atom is 0.139 e. The third-order valence-electron chi connectivity index (χ3n) is 4.40. The molecule has 0 radical (unpaired) electrons. The van der Waals surface area contributed by atoms with Crippen molar-refractivity contribution >= 4 is 27.4 Å². The van der Waals surface area contributed by atoms with Crippen molar-refractivity contribution in [2.45, 2.75) is 38.1 Å². The molecule has 0 atom stereocenters. The van der Waals surface area contributed by atoms with Gasteiger partial charge in [-0.1, -0.05) is 49.6 Å². The molecule has 2 heterocycles. The van der Waals surface area contributed by atoms with E-state index >= 15 is 0 Å². The summed E-state index contributed by atoms with van der Waals surface area (Å²) in [6, 6.07) is 11.1. The number of nitrogens with one attached hydrogen (secondary N) is 1. The molecule has 1 fully saturated rings. The molecule has 0 aliphatic heterocycles. The quantitative estimate of drug-likeness (QED) is 0.731. The molecule has 0 spiro atoms. The molecule has 3 nitrogen and oxygen atoms in total. The van der Waals surface area contributed by atoms with E-state index in [9.17, 15) is 0 Å². The predicted octanol–water partition coefficient (Wildman–Crippen LogP) is 5.10. The van der Waals surface area contributed by atoms with Gasteiger partial charge >= 0.3 is 0 Å². The van der Waals surface area contributed by atoms with Crippen LogP contribution < -0.4 is 5.32 Å². The third-order valence-corrected chi connectivity index (χ3v) is 5.29. The summed E-state index contributed by atoms with van der Waals surface area (Å²) in [4.78, 5) is 10.1. The lowest BCUT2D eigenvalue weighted by Crippen LogP contribution is -2.22. The molecule has 0 bridgehead atoms. The number of anilines is 1. The van der Waals surface area contributed by atoms with Gasteiger partial charge in [-0.05, 0) is 18.4 Å². The first kappa shape index (κ1) is 13.7. The molecule has 4 rings (SSSR count). The van der Waals surface area contributed by atoms with Crippen LogP contribution in [-0.2, 0) is 0 Å². The zero-order chi connectivity index (χ0) is 14.8. The van der Waals surface area contributed by atoms with Crippen LogP contribution in [0.25, 0.3) is 21.3 Å². The van der Waals surface area contributed by atoms with Crippen LogP contribution in [0, 0.1) is 0 Å². The lowest BCUT2D eigenvalue weighted by Gasteiger charge is -2.23. The van der Waals surface area contributed by atoms with Crippen LogP contribution >= 0.6 is 11.3 Å². The molecular formula is C18H19N3S. The summed E-state index contributed by atoms with van der Waals surface area (Å²) in [6.07, 6.45) is 8.18. The Kier molecular flexibility index (Phi) is 3.77. The van der Waals surface area contributed by atoms with Gasteiger partial charge in [-0.25, -0.2) is 9.97 Å². The highest BCUT2D eigenvalue weighted by Crippen LogP contribution is 2.37. The van der Waals surface area contributed by atoms with Gasteiger partial charge in [0.15, 0.2) is 0 Å². The van der Waals surface area contributed by atoms with E-state index < -0.39 is 0 Å². The van der Waals surface area contributed by atoms with Crippen LogP contribution in [0.2, 0.25) is 0 Å². The number of hydrogen-bond acceptors (Lipinski definition) is 4. The van der Waals surface area contributed by atoms with Crippen molar-refractivity contribution in [1.29, 1.82) is 0 Å². The smallest absolute Gasteiger partial charge is 0.139 e. The molecule has 2 aromatic heterocycles. The van der Waals surface area contributed by atoms with Gasteiger partial charge in [-0.3, -0.25) is 0 Å². The highest BCUT2D eigenvalue weighted by Gasteiger charge is 2.17. The van der Waals surface area contributed by atoms with Gasteiger partial charge in [-0.2, -0.15) is 0 Å². The molecule has 1 saturated carbocycles. The molecule has 4 heteroatoms. The van der Waals surface area contributed by atoms with Crippen LogP contribution in [0.3, 0.4) is 0 Å². The molecule has 1 aromatic carbocycles. The second kappa shape index (κ2) is 6.05. The van der Waals surface area contributed by atoms with E-state index in [1.807, 2.05) is 0 Å². The summed E-state index contributed by atoms with van der Waals surface area (Å²) in [5, 5.41) is 7.04. The molecule has 22 heavy (non-hydrogen) atoms. The largest absolute Gasteiger partial charge is 0.367 e. The van der Waals surface area contributed by atoms with Crippen LogP contribution in [0.5, 0.6) is 0 Å². The maximum atomic E-state index is 4.54. The number of benzene rings is 1. The van der Waals surface area contributed by atoms with Crippen LogP contribution in [0.1, 0.15) is 32.1 Å². The van der Waals surface area contributed by atoms with Crippen molar-refractivity contribution in [2.75, 3.05) is 5.32 Å². The Bertz CT molecular complexity index is 760. The van der Waals surface area contributed by atoms with E-state index in [1.54, 1.807) is 17.7 Å². The monoisotopic (exact) mass is 309 g/mol. The summed E-state index contributed by atoms with van der Waals surface area (Å²) < 4.78 is 0. The van der Waals surface area contributed by atoms with Crippen LogP contribution in [0.4, 0.5) is 5.82 Å². The normalized spacial score (nSPS) is 16.0. The van der Waals surface area contributed by atoms with Crippen LogP contribution in [0.15, 0.2) is 42.0 Å². The van der Waals surface area contributed by atoms with Gasteiger partial charge < -0.3 is 5.32 Å². The fourth-order valence-corrected chi connectivity index (χ4v) is 4.17. The van der Waals surface area contributed by atoms with Gasteiger partial charge in [0.2, 0.25) is 0 Å². The predicted molar refractivity (Wildman–Crippen MR) is 93.3 cm³/mol. The molecular weight excluding hydrogens is 290 g/mol. The fraction of sp³-hybridized carbons (Fsp3) is 0.333. The standard InChI is InChI=1S/C18H19N3S/c1-3-7-13(8-4-1)15-11-22-18-16(15)17(19-12-20-18)21-14-9-5-2-6-10-14/h1,3-4,7-8,11-12,14H,2,5-6,9-10H2,(H,19,20,21). The molecule has 112 valence electrons. The first-order chi connectivity index (χ1) is 10.9. The minimum atomic E-state index is 0.551. The topological polar surface area (TPSA) is 37.8 Å². The van der Waals surface area contributed by atoms with E-state index in [0.29, 0.717) is 6.04 Å². The molecule has 1 aliphatic rings. The zero-order valence-electron chi connectivity index (χ0n) is 12.5. The zero-order valence-corrected chi connectivity index (χ0v) is 13.3. The van der Waals surface area contributed by atoms with Crippen molar-refractivity contribution in [3.63, 3.8) is 0 Å². The molecule has 0 amide bonds. The summed E-state index contributed by atoms with van der Waals surface area (Å²) in [6.45, 7) is 0. The number of hydrogen-bond donors (Lipinski definition) is 1. The summed E-state index contributed by atoms with van der Waals surface area (Å²) in [5.41, 5.74) is 2.47. The van der Waals surface area contributed by atoms with E-state index in [0.717, 1.165) is 10.6 Å². The highest BCUT2D eigenvalue weighted by molar-refractivity contribution is 7.17. The van der Waals surface area contributed by atoms with E-state index in [-0.39, 0.29) is 0 Å². The number of thiophene rings is 1. The molecule has 0 saturated heterocycles. The Labute approximate surface area is 134 Å². The number of aromatic nitrogens is 2. The van der Waals surface area contributed by atoms with Crippen molar-refractivity contribution in [3.05, 3.63) is 42.0 Å². The van der Waals surface area contributed by atoms with E-state index in [4.69, 9.17) is 0 Å². The molecule has 1 aliphatic carbocycles. The number of rotatable bonds is 3. The Morgan fingerprint density at radius 2 is 1.82 bits per heavy atom. The first-order valence-electron chi connectivity index (χ1n) is 7.96. The van der Waals surface area contributed by atoms with E-state index in [1.165, 1.54) is 48.6 Å². The molecule has 1 N–H and O–H groups in total. The van der Waals surface area contributed by atoms with Crippen molar-refractivity contribution in [2.24, 2.45) is 0 Å². The van der Waals surface area contributed by atoms with Gasteiger partial charge in [0, 0.05) is 17.0 Å². The average Bonchev–Trinajstić information content (AvgIpc) is 3.02. The Balaban J connectivity index is 1.76. The Morgan fingerprint density at radius 3 is 2.64 bits per heavy atom. The summed E-state index contributed by atoms with van der Waals surface area (Å²) >= 11 is 1.69. The lowest BCUT2D eigenvalue weighted by atomic mass is 9.95. The minimum absolute atomic E-state index is 0.551. The number of fused-ring (bicyclic) bond motifs is 1. The minimum Gasteiger partial charge on any atom is -0.367 e. The molecule has 0 unspecified atom stereocenters. The van der Waals surface area contributed by atoms with Crippen molar-refractivity contribution in [1.82, 2.24) is 9.97 Å². The molecule has 3 aromatic rings. The fourth-order valence-electron chi connectivity index (χ4n) is 3.26. The second-order valence-corrected chi connectivity index (χ2v) is 6.76. The van der Waals surface area contributed by atoms with Crippen molar-refractivity contribution in [3.8, 4) is 11.1 Å². The third kappa shape index (κ3) is 2.59. The lowest BCUT2D eigenvalue weighted by molar-refractivity contribution is 0.462. The average molecular weight is 309 g/mol. The Morgan fingerprint density at radius 1 is 1.00 bits per heavy atom. The number of nitrogens with zero attached hydrogens (tertiary/aromatic N) is 2. The summed E-state index contributed by atoms with van der Waals surface area (Å²) in [7, 11) is 0. The van der Waals surface area contributed by atoms with Gasteiger partial charge in [0.1, 0.15) is 17.0 Å². The van der Waals surface area contributed by atoms with Gasteiger partial charge in [0.05, 0.1) is 5.39 Å². The van der Waals surface area contributed by atoms with Crippen LogP contribution in [-0.4, -0.2) is 16.0 Å². The SMILES string of the molecule is c1ccc(-c2csc3ncnc(NC4CCCCC4)c23)cc1. The Hall–Kier alpha value is -1.94. The second-order valence-electron chi connectivity index (χ2n) is 5.90. The van der Waals surface area contributed by atoms with Crippen molar-refractivity contribution < 1.29 is 0 Å². The highest BCUT2D eigenvalue weighted by atomic mass is 32.1. The summed E-state index contributed by atoms with van der Waals surface area (Å²) in [5.74, 6) is 0.997. The van der Waals surface area contributed by atoms with E-state index in [2.05, 4.69) is 51.0 Å². The van der Waals surface area contributed by atoms with Gasteiger partial charge in [0.25, 0.3) is 0 Å². The first-order valence-corrected chi connectivity index (χ1v) is 8.84. The van der Waals surface area contributed by atoms with Gasteiger partial charge in [-0.15, -0.1) is 11.3 Å².